The van der Waals surface area contributed by atoms with Gasteiger partial charge in [0.25, 0.3) is 0 Å². The first-order valence-electron chi connectivity index (χ1n) is 13.8. The van der Waals surface area contributed by atoms with Gasteiger partial charge in [-0.3, -0.25) is 0 Å². The molecule has 0 unspecified atom stereocenters. The topological polar surface area (TPSA) is 0 Å². The second-order valence-electron chi connectivity index (χ2n) is 11.3. The standard InChI is InChI=1S/C17H17.C15H14.C5H5.2ClH.Hf/c1-10-5-14-9-15-6-11(2)13(4)8-17(15)16(14)7-12(10)3;1-12-3-7-14(8-4-12)11-15-9-5-13(2)6-10-15;1-2-4-5-3-1;;;/h5,7-8H,9H2,1-4H3;3-10H,1-2H3;1-3H,4H2;2*1H;. The fourth-order valence-electron chi connectivity index (χ4n) is 6.17. The summed E-state index contributed by atoms with van der Waals surface area (Å²) in [5.41, 5.74) is 17.3. The van der Waals surface area contributed by atoms with E-state index in [1.807, 2.05) is 0 Å². The summed E-state index contributed by atoms with van der Waals surface area (Å²) >= 11 is -2.86. The second-order valence-corrected chi connectivity index (χ2v) is 19.9. The molecule has 4 aromatic rings. The van der Waals surface area contributed by atoms with Crippen LogP contribution in [0.15, 0.2) is 88.3 Å². The maximum Gasteiger partial charge on any atom is -0.147 e. The van der Waals surface area contributed by atoms with Gasteiger partial charge in [0.1, 0.15) is 0 Å². The summed E-state index contributed by atoms with van der Waals surface area (Å²) < 4.78 is 5.05. The zero-order valence-electron chi connectivity index (χ0n) is 24.3. The van der Waals surface area contributed by atoms with Gasteiger partial charge in [-0.25, -0.2) is 0 Å². The van der Waals surface area contributed by atoms with Crippen molar-refractivity contribution in [2.75, 3.05) is 0 Å². The van der Waals surface area contributed by atoms with Gasteiger partial charge in [-0.15, -0.1) is 24.8 Å². The van der Waals surface area contributed by atoms with Crippen LogP contribution < -0.4 is 3.32 Å². The van der Waals surface area contributed by atoms with Gasteiger partial charge in [0.05, 0.1) is 0 Å². The second kappa shape index (κ2) is 12.3. The van der Waals surface area contributed by atoms with Crippen molar-refractivity contribution in [2.24, 2.45) is 0 Å². The first kappa shape index (κ1) is 30.6. The van der Waals surface area contributed by atoms with Crippen molar-refractivity contribution in [3.05, 3.63) is 144 Å². The fourth-order valence-corrected chi connectivity index (χ4v) is 18.7. The van der Waals surface area contributed by atoms with E-state index in [0.29, 0.717) is 0 Å². The number of fused-ring (bicyclic) bond motifs is 3. The molecule has 40 heavy (non-hydrogen) atoms. The third kappa shape index (κ3) is 5.46. The van der Waals surface area contributed by atoms with E-state index < -0.39 is 21.0 Å². The van der Waals surface area contributed by atoms with Gasteiger partial charge in [0.2, 0.25) is 0 Å². The minimum atomic E-state index is -2.86. The van der Waals surface area contributed by atoms with E-state index in [1.54, 1.807) is 15.5 Å². The third-order valence-corrected chi connectivity index (χ3v) is 20.3. The van der Waals surface area contributed by atoms with Crippen LogP contribution in [0.2, 0.25) is 0 Å². The zero-order valence-corrected chi connectivity index (χ0v) is 29.5. The quantitative estimate of drug-likeness (QED) is 0.162. The molecule has 0 nitrogen and oxygen atoms in total. The summed E-state index contributed by atoms with van der Waals surface area (Å²) in [6.07, 6.45) is 9.29. The number of aryl methyl sites for hydroxylation is 5. The Morgan fingerprint density at radius 1 is 0.650 bits per heavy atom. The molecule has 4 aromatic carbocycles. The predicted molar refractivity (Wildman–Crippen MR) is 175 cm³/mol. The van der Waals surface area contributed by atoms with Crippen LogP contribution in [-0.4, -0.2) is 3.26 Å². The van der Waals surface area contributed by atoms with Crippen molar-refractivity contribution in [3.8, 4) is 11.1 Å². The number of rotatable bonds is 4. The van der Waals surface area contributed by atoms with Crippen LogP contribution >= 0.6 is 24.8 Å². The summed E-state index contributed by atoms with van der Waals surface area (Å²) in [7, 11) is 0. The molecule has 204 valence electrons. The van der Waals surface area contributed by atoms with Gasteiger partial charge >= 0.3 is 237 Å². The molecule has 2 aliphatic rings. The number of allylic oxidation sites excluding steroid dienone is 4. The number of hydrogen-bond donors (Lipinski definition) is 0. The fraction of sp³-hybridized carbons (Fsp3) is 0.216. The molecule has 0 bridgehead atoms. The first-order chi connectivity index (χ1) is 18.3. The van der Waals surface area contributed by atoms with Crippen LogP contribution in [0.4, 0.5) is 0 Å². The number of benzene rings is 4. The first-order valence-corrected chi connectivity index (χ1v) is 19.2. The van der Waals surface area contributed by atoms with E-state index >= 15 is 0 Å². The van der Waals surface area contributed by atoms with E-state index in [1.165, 1.54) is 61.2 Å². The molecule has 0 atom stereocenters. The zero-order chi connectivity index (χ0) is 26.6. The van der Waals surface area contributed by atoms with Crippen LogP contribution in [0.25, 0.3) is 11.1 Å². The van der Waals surface area contributed by atoms with E-state index in [0.717, 1.165) is 12.8 Å². The molecule has 0 aliphatic heterocycles. The van der Waals surface area contributed by atoms with Crippen molar-refractivity contribution in [2.45, 2.75) is 54.4 Å². The average molecular weight is 732 g/mol. The van der Waals surface area contributed by atoms with E-state index in [9.17, 15) is 0 Å². The monoisotopic (exact) mass is 732 g/mol. The maximum atomic E-state index is 2.48. The van der Waals surface area contributed by atoms with Gasteiger partial charge in [-0.05, 0) is 0 Å². The minimum Gasteiger partial charge on any atom is -0.147 e. The molecule has 0 fully saturated rings. The summed E-state index contributed by atoms with van der Waals surface area (Å²) in [6.45, 7) is 13.6. The molecule has 0 amide bonds. The van der Waals surface area contributed by atoms with E-state index in [4.69, 9.17) is 0 Å². The smallest absolute Gasteiger partial charge is 0.147 e. The summed E-state index contributed by atoms with van der Waals surface area (Å²) in [5.74, 6) is 0. The predicted octanol–water partition coefficient (Wildman–Crippen LogP) is 9.31. The molecule has 0 spiro atoms. The Labute approximate surface area is 260 Å². The van der Waals surface area contributed by atoms with Gasteiger partial charge in [-0.2, -0.15) is 0 Å². The minimum absolute atomic E-state index is 0. The molecule has 0 radical (unpaired) electrons. The van der Waals surface area contributed by atoms with Crippen molar-refractivity contribution in [1.29, 1.82) is 0 Å². The Kier molecular flexibility index (Phi) is 9.40. The molecular weight excluding hydrogens is 694 g/mol. The summed E-state index contributed by atoms with van der Waals surface area (Å²) in [5, 5.41) is 0. The summed E-state index contributed by atoms with van der Waals surface area (Å²) in [4.78, 5) is 0. The molecule has 0 heterocycles. The van der Waals surface area contributed by atoms with Crippen LogP contribution in [0.3, 0.4) is 0 Å². The van der Waals surface area contributed by atoms with Crippen LogP contribution in [0.5, 0.6) is 0 Å². The van der Waals surface area contributed by atoms with Crippen LogP contribution in [0.1, 0.15) is 62.1 Å². The van der Waals surface area contributed by atoms with Crippen molar-refractivity contribution in [3.63, 3.8) is 0 Å². The average Bonchev–Trinajstić information content (AvgIpc) is 3.54. The molecule has 0 saturated carbocycles. The van der Waals surface area contributed by atoms with E-state index in [-0.39, 0.29) is 24.8 Å². The van der Waals surface area contributed by atoms with Gasteiger partial charge in [0, 0.05) is 0 Å². The molecular formula is C37H38Cl2Hf. The molecule has 6 rings (SSSR count). The molecule has 0 N–H and O–H groups in total. The summed E-state index contributed by atoms with van der Waals surface area (Å²) in [6, 6.07) is 26.1. The Balaban J connectivity index is 0.00000185. The largest absolute Gasteiger partial charge is 0.147 e. The molecule has 0 saturated heterocycles. The molecule has 0 aromatic heterocycles. The van der Waals surface area contributed by atoms with Gasteiger partial charge in [-0.1, -0.05) is 0 Å². The Bertz CT molecular complexity index is 1640. The van der Waals surface area contributed by atoms with Crippen LogP contribution in [0, 0.1) is 41.5 Å². The molecule has 3 heteroatoms. The molecule has 2 aliphatic carbocycles. The number of halogens is 2. The Morgan fingerprint density at radius 2 is 1.20 bits per heavy atom. The SMILES string of the molecule is Cc1ccc([C](c2ccc(C)cc2)=[Hf]([C]2=CC=CC2)[c]2c(C)c(C)cc3c2Cc2cc(C)c(C)cc2-3)cc1.Cl.Cl. The van der Waals surface area contributed by atoms with Gasteiger partial charge < -0.3 is 0 Å². The Hall–Kier alpha value is -2.32. The number of hydrogen-bond acceptors (Lipinski definition) is 0. The van der Waals surface area contributed by atoms with Crippen molar-refractivity contribution >= 4 is 31.4 Å². The van der Waals surface area contributed by atoms with Crippen LogP contribution in [-0.2, 0) is 27.4 Å². The van der Waals surface area contributed by atoms with E-state index in [2.05, 4.69) is 127 Å². The van der Waals surface area contributed by atoms with Crippen molar-refractivity contribution in [1.82, 2.24) is 0 Å². The maximum absolute atomic E-state index is 2.86. The van der Waals surface area contributed by atoms with Crippen molar-refractivity contribution < 1.29 is 21.0 Å². The third-order valence-electron chi connectivity index (χ3n) is 8.60. The normalized spacial score (nSPS) is 12.7. The Morgan fingerprint density at radius 3 is 1.75 bits per heavy atom. The van der Waals surface area contributed by atoms with Gasteiger partial charge in [0.15, 0.2) is 0 Å².